The standard InChI is InChI=1S/C14H20F3NO3S/c1-3-22(20,21)9-10(2)18-8-13(19)11-5-4-6-12(7-11)14(15,16)17/h4-7,10,13,18-19H,3,8-9H2,1-2H3. The fourth-order valence-corrected chi connectivity index (χ4v) is 3.03. The highest BCUT2D eigenvalue weighted by molar-refractivity contribution is 7.91. The Morgan fingerprint density at radius 3 is 2.50 bits per heavy atom. The van der Waals surface area contributed by atoms with Crippen molar-refractivity contribution in [1.29, 1.82) is 0 Å². The average molecular weight is 339 g/mol. The predicted octanol–water partition coefficient (Wildman–Crippen LogP) is 2.15. The SMILES string of the molecule is CCS(=O)(=O)CC(C)NCC(O)c1cccc(C(F)(F)F)c1. The molecule has 1 rings (SSSR count). The minimum absolute atomic E-state index is 0.0230. The Bertz CT molecular complexity index is 587. The Hall–Kier alpha value is -1.12. The minimum Gasteiger partial charge on any atom is -0.387 e. The van der Waals surface area contributed by atoms with E-state index in [2.05, 4.69) is 5.32 Å². The molecule has 0 radical (unpaired) electrons. The molecule has 2 unspecified atom stereocenters. The van der Waals surface area contributed by atoms with Gasteiger partial charge in [0.1, 0.15) is 0 Å². The molecule has 2 atom stereocenters. The Kier molecular flexibility index (Phi) is 6.39. The van der Waals surface area contributed by atoms with Crippen LogP contribution in [0.2, 0.25) is 0 Å². The maximum absolute atomic E-state index is 12.6. The molecule has 0 aliphatic heterocycles. The summed E-state index contributed by atoms with van der Waals surface area (Å²) in [7, 11) is -3.15. The van der Waals surface area contributed by atoms with Gasteiger partial charge in [-0.15, -0.1) is 0 Å². The van der Waals surface area contributed by atoms with Crippen LogP contribution >= 0.6 is 0 Å². The first kappa shape index (κ1) is 18.9. The summed E-state index contributed by atoms with van der Waals surface area (Å²) in [5.41, 5.74) is -0.696. The van der Waals surface area contributed by atoms with Gasteiger partial charge in [-0.25, -0.2) is 8.42 Å². The molecule has 2 N–H and O–H groups in total. The number of sulfone groups is 1. The third-order valence-corrected chi connectivity index (χ3v) is 5.09. The summed E-state index contributed by atoms with van der Waals surface area (Å²) in [4.78, 5) is 0. The number of aliphatic hydroxyl groups is 1. The van der Waals surface area contributed by atoms with Gasteiger partial charge in [-0.3, -0.25) is 0 Å². The van der Waals surface area contributed by atoms with Crippen molar-refractivity contribution in [3.63, 3.8) is 0 Å². The number of alkyl halides is 3. The highest BCUT2D eigenvalue weighted by Gasteiger charge is 2.30. The topological polar surface area (TPSA) is 66.4 Å². The van der Waals surface area contributed by atoms with Crippen molar-refractivity contribution in [2.75, 3.05) is 18.1 Å². The van der Waals surface area contributed by atoms with E-state index in [0.717, 1.165) is 12.1 Å². The fraction of sp³-hybridized carbons (Fsp3) is 0.571. The van der Waals surface area contributed by atoms with Gasteiger partial charge in [0.2, 0.25) is 0 Å². The molecular formula is C14H20F3NO3S. The summed E-state index contributed by atoms with van der Waals surface area (Å²) in [5, 5.41) is 12.8. The lowest BCUT2D eigenvalue weighted by atomic mass is 10.1. The van der Waals surface area contributed by atoms with Gasteiger partial charge >= 0.3 is 6.18 Å². The molecule has 0 aromatic heterocycles. The molecule has 126 valence electrons. The first-order chi connectivity index (χ1) is 10.0. The molecule has 1 aromatic carbocycles. The normalized spacial score (nSPS) is 15.5. The zero-order valence-electron chi connectivity index (χ0n) is 12.4. The highest BCUT2D eigenvalue weighted by atomic mass is 32.2. The molecule has 4 nitrogen and oxygen atoms in total. The van der Waals surface area contributed by atoms with Crippen LogP contribution in [0, 0.1) is 0 Å². The van der Waals surface area contributed by atoms with Crippen LogP contribution < -0.4 is 5.32 Å². The summed E-state index contributed by atoms with van der Waals surface area (Å²) < 4.78 is 60.7. The summed E-state index contributed by atoms with van der Waals surface area (Å²) in [6.45, 7) is 3.16. The number of halogens is 3. The monoisotopic (exact) mass is 339 g/mol. The van der Waals surface area contributed by atoms with E-state index < -0.39 is 33.7 Å². The average Bonchev–Trinajstić information content (AvgIpc) is 2.43. The van der Waals surface area contributed by atoms with Gasteiger partial charge in [-0.1, -0.05) is 19.1 Å². The second kappa shape index (κ2) is 7.43. The zero-order chi connectivity index (χ0) is 17.0. The van der Waals surface area contributed by atoms with E-state index in [4.69, 9.17) is 0 Å². The van der Waals surface area contributed by atoms with E-state index in [1.165, 1.54) is 12.1 Å². The van der Waals surface area contributed by atoms with Crippen molar-refractivity contribution >= 4 is 9.84 Å². The molecule has 8 heteroatoms. The van der Waals surface area contributed by atoms with E-state index in [-0.39, 0.29) is 23.6 Å². The van der Waals surface area contributed by atoms with Gasteiger partial charge in [0.25, 0.3) is 0 Å². The van der Waals surface area contributed by atoms with Crippen LogP contribution in [0.5, 0.6) is 0 Å². The van der Waals surface area contributed by atoms with Crippen molar-refractivity contribution in [2.24, 2.45) is 0 Å². The quantitative estimate of drug-likeness (QED) is 0.799. The molecular weight excluding hydrogens is 319 g/mol. The number of hydrogen-bond donors (Lipinski definition) is 2. The van der Waals surface area contributed by atoms with Crippen LogP contribution in [0.1, 0.15) is 31.1 Å². The summed E-state index contributed by atoms with van der Waals surface area (Å²) >= 11 is 0. The number of aliphatic hydroxyl groups excluding tert-OH is 1. The van der Waals surface area contributed by atoms with Crippen molar-refractivity contribution in [3.05, 3.63) is 35.4 Å². The van der Waals surface area contributed by atoms with E-state index in [1.54, 1.807) is 13.8 Å². The second-order valence-corrected chi connectivity index (χ2v) is 7.55. The summed E-state index contributed by atoms with van der Waals surface area (Å²) in [6.07, 6.45) is -5.61. The van der Waals surface area contributed by atoms with Crippen LogP contribution in [0.4, 0.5) is 13.2 Å². The smallest absolute Gasteiger partial charge is 0.387 e. The molecule has 0 aliphatic carbocycles. The third-order valence-electron chi connectivity index (χ3n) is 3.20. The minimum atomic E-state index is -4.47. The molecule has 0 bridgehead atoms. The van der Waals surface area contributed by atoms with Gasteiger partial charge in [0, 0.05) is 18.3 Å². The van der Waals surface area contributed by atoms with Crippen LogP contribution in [-0.2, 0) is 16.0 Å². The van der Waals surface area contributed by atoms with Crippen molar-refractivity contribution in [2.45, 2.75) is 32.2 Å². The first-order valence-corrected chi connectivity index (χ1v) is 8.66. The van der Waals surface area contributed by atoms with Gasteiger partial charge < -0.3 is 10.4 Å². The lowest BCUT2D eigenvalue weighted by molar-refractivity contribution is -0.137. The number of nitrogens with one attached hydrogen (secondary N) is 1. The zero-order valence-corrected chi connectivity index (χ0v) is 13.2. The van der Waals surface area contributed by atoms with Crippen LogP contribution in [0.15, 0.2) is 24.3 Å². The Morgan fingerprint density at radius 1 is 1.32 bits per heavy atom. The lowest BCUT2D eigenvalue weighted by Gasteiger charge is -2.18. The third kappa shape index (κ3) is 5.94. The Morgan fingerprint density at radius 2 is 1.95 bits per heavy atom. The number of hydrogen-bond acceptors (Lipinski definition) is 4. The summed E-state index contributed by atoms with van der Waals surface area (Å²) in [6, 6.07) is 4.05. The molecule has 0 saturated carbocycles. The van der Waals surface area contributed by atoms with E-state index in [9.17, 15) is 26.7 Å². The molecule has 0 amide bonds. The largest absolute Gasteiger partial charge is 0.416 e. The van der Waals surface area contributed by atoms with Crippen LogP contribution in [-0.4, -0.2) is 37.6 Å². The van der Waals surface area contributed by atoms with E-state index in [0.29, 0.717) is 0 Å². The maximum atomic E-state index is 12.6. The Balaban J connectivity index is 2.64. The molecule has 1 aromatic rings. The molecule has 0 heterocycles. The van der Waals surface area contributed by atoms with Gasteiger partial charge in [0.15, 0.2) is 9.84 Å². The van der Waals surface area contributed by atoms with Gasteiger partial charge in [0.05, 0.1) is 17.4 Å². The first-order valence-electron chi connectivity index (χ1n) is 6.84. The van der Waals surface area contributed by atoms with E-state index >= 15 is 0 Å². The highest BCUT2D eigenvalue weighted by Crippen LogP contribution is 2.30. The van der Waals surface area contributed by atoms with Gasteiger partial charge in [-0.05, 0) is 24.6 Å². The summed E-state index contributed by atoms with van der Waals surface area (Å²) in [5.74, 6) is -0.0615. The molecule has 0 aliphatic rings. The number of rotatable bonds is 7. The van der Waals surface area contributed by atoms with Crippen molar-refractivity contribution in [1.82, 2.24) is 5.32 Å². The van der Waals surface area contributed by atoms with Crippen molar-refractivity contribution < 1.29 is 26.7 Å². The molecule has 0 saturated heterocycles. The number of benzene rings is 1. The maximum Gasteiger partial charge on any atom is 0.416 e. The van der Waals surface area contributed by atoms with Gasteiger partial charge in [-0.2, -0.15) is 13.2 Å². The molecule has 22 heavy (non-hydrogen) atoms. The van der Waals surface area contributed by atoms with Crippen LogP contribution in [0.3, 0.4) is 0 Å². The van der Waals surface area contributed by atoms with E-state index in [1.807, 2.05) is 0 Å². The fourth-order valence-electron chi connectivity index (χ4n) is 1.91. The van der Waals surface area contributed by atoms with Crippen molar-refractivity contribution in [3.8, 4) is 0 Å². The lowest BCUT2D eigenvalue weighted by Crippen LogP contribution is -2.36. The molecule has 0 spiro atoms. The second-order valence-electron chi connectivity index (χ2n) is 5.15. The van der Waals surface area contributed by atoms with Crippen LogP contribution in [0.25, 0.3) is 0 Å². The Labute approximate surface area is 128 Å². The molecule has 0 fully saturated rings. The predicted molar refractivity (Wildman–Crippen MR) is 78.2 cm³/mol.